The topological polar surface area (TPSA) is 75.4 Å². The predicted octanol–water partition coefficient (Wildman–Crippen LogP) is 6.56. The molecule has 190 valence electrons. The molecule has 0 aliphatic carbocycles. The van der Waals surface area contributed by atoms with E-state index in [9.17, 15) is 9.59 Å². The average molecular weight is 514 g/mol. The van der Waals surface area contributed by atoms with Gasteiger partial charge in [-0.2, -0.15) is 0 Å². The maximum absolute atomic E-state index is 13.1. The van der Waals surface area contributed by atoms with Gasteiger partial charge in [-0.1, -0.05) is 49.4 Å². The molecule has 5 rings (SSSR count). The van der Waals surface area contributed by atoms with E-state index in [4.69, 9.17) is 4.42 Å². The molecule has 1 aliphatic heterocycles. The van der Waals surface area contributed by atoms with Crippen molar-refractivity contribution in [3.05, 3.63) is 94.3 Å². The summed E-state index contributed by atoms with van der Waals surface area (Å²) in [7, 11) is 0. The monoisotopic (exact) mass is 513 g/mol. The van der Waals surface area contributed by atoms with Crippen molar-refractivity contribution in [2.45, 2.75) is 44.9 Å². The zero-order valence-electron chi connectivity index (χ0n) is 21.0. The molecule has 0 saturated carbocycles. The second-order valence-electron chi connectivity index (χ2n) is 9.36. The number of carbonyl (C=O) groups excluding carboxylic acids is 2. The number of amides is 2. The first kappa shape index (κ1) is 25.0. The van der Waals surface area contributed by atoms with Gasteiger partial charge in [0.1, 0.15) is 11.5 Å². The maximum atomic E-state index is 13.1. The average Bonchev–Trinajstić information content (AvgIpc) is 3.65. The number of thiazole rings is 1. The molecule has 2 aromatic carbocycles. The number of aromatic nitrogens is 1. The summed E-state index contributed by atoms with van der Waals surface area (Å²) in [5, 5.41) is 5.87. The number of rotatable bonds is 8. The fourth-order valence-corrected chi connectivity index (χ4v) is 5.72. The molecule has 0 spiro atoms. The molecule has 0 bridgehead atoms. The van der Waals surface area contributed by atoms with Crippen LogP contribution in [-0.2, 0) is 17.6 Å². The van der Waals surface area contributed by atoms with Gasteiger partial charge in [0.05, 0.1) is 11.3 Å². The SMILES string of the molecule is CCc1ccc(-c2ccccc2NC(=O)c2csc(C3CCN(C(=O)CCc4ccco4)CC3)n2)cc1. The Morgan fingerprint density at radius 2 is 1.84 bits per heavy atom. The van der Waals surface area contributed by atoms with E-state index in [1.54, 1.807) is 6.26 Å². The zero-order chi connectivity index (χ0) is 25.6. The van der Waals surface area contributed by atoms with Gasteiger partial charge >= 0.3 is 0 Å². The van der Waals surface area contributed by atoms with Gasteiger partial charge in [-0.3, -0.25) is 9.59 Å². The van der Waals surface area contributed by atoms with Gasteiger partial charge in [0.2, 0.25) is 5.91 Å². The first-order valence-corrected chi connectivity index (χ1v) is 13.7. The number of benzene rings is 2. The summed E-state index contributed by atoms with van der Waals surface area (Å²) in [5.74, 6) is 1.07. The van der Waals surface area contributed by atoms with Crippen LogP contribution in [0.2, 0.25) is 0 Å². The van der Waals surface area contributed by atoms with E-state index in [1.807, 2.05) is 46.7 Å². The van der Waals surface area contributed by atoms with Crippen molar-refractivity contribution in [2.24, 2.45) is 0 Å². The lowest BCUT2D eigenvalue weighted by atomic mass is 9.97. The van der Waals surface area contributed by atoms with Crippen molar-refractivity contribution in [2.75, 3.05) is 18.4 Å². The number of nitrogens with zero attached hydrogens (tertiary/aromatic N) is 2. The van der Waals surface area contributed by atoms with Crippen molar-refractivity contribution < 1.29 is 14.0 Å². The third kappa shape index (κ3) is 6.00. The molecule has 7 heteroatoms. The Hall–Kier alpha value is -3.71. The van der Waals surface area contributed by atoms with Crippen LogP contribution in [0.15, 0.2) is 76.7 Å². The number of likely N-dealkylation sites (tertiary alicyclic amines) is 1. The number of para-hydroxylation sites is 1. The van der Waals surface area contributed by atoms with Crippen molar-refractivity contribution >= 4 is 28.8 Å². The maximum Gasteiger partial charge on any atom is 0.275 e. The fraction of sp³-hybridized carbons (Fsp3) is 0.300. The van der Waals surface area contributed by atoms with Gasteiger partial charge in [0, 0.05) is 48.5 Å². The summed E-state index contributed by atoms with van der Waals surface area (Å²) in [4.78, 5) is 32.3. The van der Waals surface area contributed by atoms with Crippen molar-refractivity contribution in [3.8, 4) is 11.1 Å². The molecule has 4 aromatic rings. The summed E-state index contributed by atoms with van der Waals surface area (Å²) < 4.78 is 5.33. The number of aryl methyl sites for hydroxylation is 2. The molecule has 2 aromatic heterocycles. The van der Waals surface area contributed by atoms with Crippen molar-refractivity contribution in [1.82, 2.24) is 9.88 Å². The summed E-state index contributed by atoms with van der Waals surface area (Å²) in [6, 6.07) is 20.0. The largest absolute Gasteiger partial charge is 0.469 e. The first-order chi connectivity index (χ1) is 18.1. The van der Waals surface area contributed by atoms with Crippen LogP contribution in [0.3, 0.4) is 0 Å². The van der Waals surface area contributed by atoms with Crippen LogP contribution < -0.4 is 5.32 Å². The van der Waals surface area contributed by atoms with Crippen LogP contribution in [0.25, 0.3) is 11.1 Å². The lowest BCUT2D eigenvalue weighted by Gasteiger charge is -2.31. The van der Waals surface area contributed by atoms with Crippen molar-refractivity contribution in [3.63, 3.8) is 0 Å². The Morgan fingerprint density at radius 1 is 1.05 bits per heavy atom. The van der Waals surface area contributed by atoms with E-state index >= 15 is 0 Å². The smallest absolute Gasteiger partial charge is 0.275 e. The van der Waals surface area contributed by atoms with Gasteiger partial charge in [-0.25, -0.2) is 4.98 Å². The molecule has 0 atom stereocenters. The highest BCUT2D eigenvalue weighted by Gasteiger charge is 2.26. The van der Waals surface area contributed by atoms with E-state index in [1.165, 1.54) is 16.9 Å². The van der Waals surface area contributed by atoms with E-state index < -0.39 is 0 Å². The van der Waals surface area contributed by atoms with Crippen LogP contribution in [0.1, 0.15) is 58.9 Å². The van der Waals surface area contributed by atoms with E-state index in [-0.39, 0.29) is 17.7 Å². The second kappa shape index (κ2) is 11.6. The Morgan fingerprint density at radius 3 is 2.57 bits per heavy atom. The third-order valence-corrected chi connectivity index (χ3v) is 7.97. The molecule has 0 unspecified atom stereocenters. The van der Waals surface area contributed by atoms with Crippen molar-refractivity contribution in [1.29, 1.82) is 0 Å². The quantitative estimate of drug-likeness (QED) is 0.290. The van der Waals surface area contributed by atoms with E-state index in [0.29, 0.717) is 31.6 Å². The molecule has 1 saturated heterocycles. The number of anilines is 1. The highest BCUT2D eigenvalue weighted by Crippen LogP contribution is 2.32. The summed E-state index contributed by atoms with van der Waals surface area (Å²) in [6.45, 7) is 3.57. The van der Waals surface area contributed by atoms with E-state index in [2.05, 4.69) is 41.5 Å². The molecule has 1 aliphatic rings. The second-order valence-corrected chi connectivity index (χ2v) is 10.2. The third-order valence-electron chi connectivity index (χ3n) is 6.97. The number of piperidine rings is 1. The minimum atomic E-state index is -0.203. The van der Waals surface area contributed by atoms with Gasteiger partial charge in [0.25, 0.3) is 5.91 Å². The predicted molar refractivity (Wildman–Crippen MR) is 147 cm³/mol. The highest BCUT2D eigenvalue weighted by atomic mass is 32.1. The van der Waals surface area contributed by atoms with Gasteiger partial charge < -0.3 is 14.6 Å². The van der Waals surface area contributed by atoms with Gasteiger partial charge in [-0.05, 0) is 48.6 Å². The molecular formula is C30H31N3O3S. The number of hydrogen-bond donors (Lipinski definition) is 1. The van der Waals surface area contributed by atoms with Gasteiger partial charge in [-0.15, -0.1) is 11.3 Å². The van der Waals surface area contributed by atoms with Crippen LogP contribution in [0, 0.1) is 0 Å². The Labute approximate surface area is 221 Å². The Kier molecular flexibility index (Phi) is 7.80. The summed E-state index contributed by atoms with van der Waals surface area (Å²) in [5.41, 5.74) is 4.54. The fourth-order valence-electron chi connectivity index (χ4n) is 4.75. The lowest BCUT2D eigenvalue weighted by molar-refractivity contribution is -0.132. The highest BCUT2D eigenvalue weighted by molar-refractivity contribution is 7.10. The Balaban J connectivity index is 1.18. The van der Waals surface area contributed by atoms with Gasteiger partial charge in [0.15, 0.2) is 0 Å². The molecule has 2 amide bonds. The molecule has 1 N–H and O–H groups in total. The number of nitrogens with one attached hydrogen (secondary N) is 1. The molecule has 1 fully saturated rings. The first-order valence-electron chi connectivity index (χ1n) is 12.9. The number of furan rings is 1. The molecular weight excluding hydrogens is 482 g/mol. The zero-order valence-corrected chi connectivity index (χ0v) is 21.8. The van der Waals surface area contributed by atoms with Crippen LogP contribution in [0.4, 0.5) is 5.69 Å². The van der Waals surface area contributed by atoms with Crippen LogP contribution in [-0.4, -0.2) is 34.8 Å². The van der Waals surface area contributed by atoms with Crippen LogP contribution in [0.5, 0.6) is 0 Å². The minimum absolute atomic E-state index is 0.164. The number of hydrogen-bond acceptors (Lipinski definition) is 5. The normalized spacial score (nSPS) is 14.0. The minimum Gasteiger partial charge on any atom is -0.469 e. The standard InChI is InChI=1S/C30H31N3O3S/c1-2-21-9-11-22(12-10-21)25-7-3-4-8-26(25)31-29(35)27-20-37-30(32-27)23-15-17-33(18-16-23)28(34)14-13-24-6-5-19-36-24/h3-12,19-20,23H,2,13-18H2,1H3,(H,31,35). The molecule has 0 radical (unpaired) electrons. The lowest BCUT2D eigenvalue weighted by Crippen LogP contribution is -2.38. The van der Waals surface area contributed by atoms with E-state index in [0.717, 1.165) is 46.8 Å². The summed E-state index contributed by atoms with van der Waals surface area (Å²) in [6.07, 6.45) is 5.44. The summed E-state index contributed by atoms with van der Waals surface area (Å²) >= 11 is 1.53. The molecule has 6 nitrogen and oxygen atoms in total. The molecule has 3 heterocycles. The molecule has 37 heavy (non-hydrogen) atoms. The number of carbonyl (C=O) groups is 2. The Bertz CT molecular complexity index is 1340. The van der Waals surface area contributed by atoms with Crippen LogP contribution >= 0.6 is 11.3 Å².